The molecular formula is C21H20N2O2. The van der Waals surface area contributed by atoms with E-state index < -0.39 is 0 Å². The van der Waals surface area contributed by atoms with Crippen LogP contribution in [0.3, 0.4) is 0 Å². The second kappa shape index (κ2) is 6.13. The number of aromatic nitrogens is 1. The fourth-order valence-corrected chi connectivity index (χ4v) is 3.04. The van der Waals surface area contributed by atoms with Gasteiger partial charge in [0.2, 0.25) is 12.1 Å². The third-order valence-electron chi connectivity index (χ3n) is 4.54. The molecule has 126 valence electrons. The minimum absolute atomic E-state index is 0.240. The summed E-state index contributed by atoms with van der Waals surface area (Å²) in [5.41, 5.74) is 5.38. The van der Waals surface area contributed by atoms with Crippen molar-refractivity contribution in [2.75, 3.05) is 4.90 Å². The van der Waals surface area contributed by atoms with Crippen LogP contribution in [0, 0.1) is 13.8 Å². The topological polar surface area (TPSA) is 38.5 Å². The maximum absolute atomic E-state index is 6.02. The number of allylic oxidation sites excluding steroid dienone is 1. The summed E-state index contributed by atoms with van der Waals surface area (Å²) in [7, 11) is 0. The second-order valence-corrected chi connectivity index (χ2v) is 6.30. The minimum Gasteiger partial charge on any atom is -0.469 e. The van der Waals surface area contributed by atoms with E-state index in [1.54, 1.807) is 0 Å². The zero-order chi connectivity index (χ0) is 17.4. The van der Waals surface area contributed by atoms with Crippen molar-refractivity contribution in [2.45, 2.75) is 27.0 Å². The van der Waals surface area contributed by atoms with Crippen LogP contribution < -0.4 is 4.90 Å². The largest absolute Gasteiger partial charge is 0.469 e. The van der Waals surface area contributed by atoms with E-state index in [9.17, 15) is 0 Å². The quantitative estimate of drug-likeness (QED) is 0.647. The molecule has 0 fully saturated rings. The Morgan fingerprint density at radius 3 is 2.20 bits per heavy atom. The van der Waals surface area contributed by atoms with Gasteiger partial charge in [-0.2, -0.15) is 0 Å². The molecule has 0 spiro atoms. The second-order valence-electron chi connectivity index (χ2n) is 6.30. The van der Waals surface area contributed by atoms with Gasteiger partial charge in [-0.25, -0.2) is 0 Å². The number of anilines is 1. The van der Waals surface area contributed by atoms with Crippen LogP contribution in [0.25, 0.3) is 11.1 Å². The standard InChI is InChI=1S/C21H20N2O2/c1-14-13-23(20-15(2)16(3)22-25-20)21(24-14)19-11-9-18(10-12-19)17-7-5-4-6-8-17/h4-13,21H,1-3H3. The van der Waals surface area contributed by atoms with Gasteiger partial charge in [0.05, 0.1) is 5.69 Å². The molecule has 0 N–H and O–H groups in total. The molecule has 3 aromatic rings. The van der Waals surface area contributed by atoms with E-state index in [0.717, 1.165) is 28.5 Å². The van der Waals surface area contributed by atoms with E-state index >= 15 is 0 Å². The Morgan fingerprint density at radius 1 is 0.880 bits per heavy atom. The normalized spacial score (nSPS) is 16.7. The first-order chi connectivity index (χ1) is 12.1. The molecule has 1 unspecified atom stereocenters. The average molecular weight is 332 g/mol. The fourth-order valence-electron chi connectivity index (χ4n) is 3.04. The maximum atomic E-state index is 6.02. The van der Waals surface area contributed by atoms with Crippen LogP contribution in [0.2, 0.25) is 0 Å². The summed E-state index contributed by atoms with van der Waals surface area (Å²) in [6, 6.07) is 18.8. The first-order valence-corrected chi connectivity index (χ1v) is 8.35. The summed E-state index contributed by atoms with van der Waals surface area (Å²) >= 11 is 0. The molecule has 0 aliphatic carbocycles. The Bertz CT molecular complexity index is 911. The Balaban J connectivity index is 1.65. The molecule has 0 amide bonds. The Labute approximate surface area is 147 Å². The molecule has 0 radical (unpaired) electrons. The molecule has 4 rings (SSSR count). The molecule has 0 saturated carbocycles. The maximum Gasteiger partial charge on any atom is 0.237 e. The zero-order valence-electron chi connectivity index (χ0n) is 14.6. The Hall–Kier alpha value is -3.01. The van der Waals surface area contributed by atoms with Gasteiger partial charge in [-0.3, -0.25) is 4.90 Å². The number of ether oxygens (including phenoxy) is 1. The van der Waals surface area contributed by atoms with Gasteiger partial charge in [-0.1, -0.05) is 59.8 Å². The van der Waals surface area contributed by atoms with E-state index in [1.807, 2.05) is 50.1 Å². The summed E-state index contributed by atoms with van der Waals surface area (Å²) in [6.07, 6.45) is 1.72. The predicted molar refractivity (Wildman–Crippen MR) is 97.9 cm³/mol. The highest BCUT2D eigenvalue weighted by Gasteiger charge is 2.31. The van der Waals surface area contributed by atoms with Crippen molar-refractivity contribution in [3.05, 3.63) is 83.4 Å². The molecule has 2 aromatic carbocycles. The smallest absolute Gasteiger partial charge is 0.237 e. The lowest BCUT2D eigenvalue weighted by Gasteiger charge is -2.22. The van der Waals surface area contributed by atoms with Crippen LogP contribution in [0.15, 0.2) is 71.1 Å². The van der Waals surface area contributed by atoms with Gasteiger partial charge in [0.15, 0.2) is 0 Å². The summed E-state index contributed by atoms with van der Waals surface area (Å²) in [6.45, 7) is 5.90. The SMILES string of the molecule is CC1=CN(c2onc(C)c2C)C(c2ccc(-c3ccccc3)cc2)O1. The van der Waals surface area contributed by atoms with E-state index in [2.05, 4.69) is 41.6 Å². The molecule has 4 heteroatoms. The highest BCUT2D eigenvalue weighted by atomic mass is 16.5. The van der Waals surface area contributed by atoms with Crippen molar-refractivity contribution in [3.63, 3.8) is 0 Å². The molecular weight excluding hydrogens is 312 g/mol. The van der Waals surface area contributed by atoms with E-state index in [4.69, 9.17) is 9.26 Å². The molecule has 2 heterocycles. The van der Waals surface area contributed by atoms with E-state index in [1.165, 1.54) is 11.1 Å². The van der Waals surface area contributed by atoms with Crippen molar-refractivity contribution in [1.29, 1.82) is 0 Å². The van der Waals surface area contributed by atoms with Gasteiger partial charge in [0.1, 0.15) is 5.76 Å². The highest BCUT2D eigenvalue weighted by molar-refractivity contribution is 5.64. The van der Waals surface area contributed by atoms with Crippen LogP contribution in [-0.4, -0.2) is 5.16 Å². The lowest BCUT2D eigenvalue weighted by atomic mass is 10.0. The molecule has 1 aliphatic heterocycles. The number of nitrogens with zero attached hydrogens (tertiary/aromatic N) is 2. The third kappa shape index (κ3) is 2.80. The molecule has 1 aliphatic rings. The number of aryl methyl sites for hydroxylation is 1. The summed E-state index contributed by atoms with van der Waals surface area (Å²) in [5, 5.41) is 4.07. The van der Waals surface area contributed by atoms with Crippen LogP contribution in [0.5, 0.6) is 0 Å². The van der Waals surface area contributed by atoms with Gasteiger partial charge >= 0.3 is 0 Å². The zero-order valence-corrected chi connectivity index (χ0v) is 14.6. The summed E-state index contributed by atoms with van der Waals surface area (Å²) < 4.78 is 11.5. The molecule has 0 bridgehead atoms. The van der Waals surface area contributed by atoms with Crippen LogP contribution in [-0.2, 0) is 4.74 Å². The number of benzene rings is 2. The Kier molecular flexibility index (Phi) is 3.80. The van der Waals surface area contributed by atoms with E-state index in [-0.39, 0.29) is 6.23 Å². The average Bonchev–Trinajstić information content (AvgIpc) is 3.18. The predicted octanol–water partition coefficient (Wildman–Crippen LogP) is 5.36. The lowest BCUT2D eigenvalue weighted by molar-refractivity contribution is 0.144. The number of hydrogen-bond donors (Lipinski definition) is 0. The van der Waals surface area contributed by atoms with Crippen molar-refractivity contribution >= 4 is 5.88 Å². The van der Waals surface area contributed by atoms with Crippen molar-refractivity contribution in [3.8, 4) is 11.1 Å². The van der Waals surface area contributed by atoms with Gasteiger partial charge < -0.3 is 9.26 Å². The van der Waals surface area contributed by atoms with Gasteiger partial charge in [0, 0.05) is 17.3 Å². The number of rotatable bonds is 3. The first-order valence-electron chi connectivity index (χ1n) is 8.35. The monoisotopic (exact) mass is 332 g/mol. The lowest BCUT2D eigenvalue weighted by Crippen LogP contribution is -2.20. The van der Waals surface area contributed by atoms with Gasteiger partial charge in [-0.05, 0) is 31.9 Å². The minimum atomic E-state index is -0.240. The Morgan fingerprint density at radius 2 is 1.56 bits per heavy atom. The molecule has 25 heavy (non-hydrogen) atoms. The van der Waals surface area contributed by atoms with Gasteiger partial charge in [0.25, 0.3) is 0 Å². The third-order valence-corrected chi connectivity index (χ3v) is 4.54. The summed E-state index contributed by atoms with van der Waals surface area (Å²) in [5.74, 6) is 1.58. The van der Waals surface area contributed by atoms with Crippen molar-refractivity contribution in [1.82, 2.24) is 5.16 Å². The van der Waals surface area contributed by atoms with Crippen molar-refractivity contribution in [2.24, 2.45) is 0 Å². The molecule has 0 saturated heterocycles. The van der Waals surface area contributed by atoms with Crippen molar-refractivity contribution < 1.29 is 9.26 Å². The fraction of sp³-hybridized carbons (Fsp3) is 0.190. The molecule has 4 nitrogen and oxygen atoms in total. The summed E-state index contributed by atoms with van der Waals surface area (Å²) in [4.78, 5) is 2.00. The van der Waals surface area contributed by atoms with Crippen LogP contribution in [0.1, 0.15) is 30.0 Å². The molecule has 1 atom stereocenters. The number of hydrogen-bond acceptors (Lipinski definition) is 4. The first kappa shape index (κ1) is 15.5. The van der Waals surface area contributed by atoms with E-state index in [0.29, 0.717) is 0 Å². The van der Waals surface area contributed by atoms with Crippen LogP contribution in [0.4, 0.5) is 5.88 Å². The van der Waals surface area contributed by atoms with Gasteiger partial charge in [-0.15, -0.1) is 0 Å². The highest BCUT2D eigenvalue weighted by Crippen LogP contribution is 2.38. The molecule has 1 aromatic heterocycles. The van der Waals surface area contributed by atoms with Crippen LogP contribution >= 0.6 is 0 Å².